The van der Waals surface area contributed by atoms with Crippen LogP contribution in [0, 0.1) is 0 Å². The minimum absolute atomic E-state index is 0. The molecule has 0 amide bonds. The van der Waals surface area contributed by atoms with Crippen LogP contribution in [0.25, 0.3) is 0 Å². The molecular weight excluding hydrogens is 247 g/mol. The van der Waals surface area contributed by atoms with Gasteiger partial charge in [-0.25, -0.2) is 0 Å². The van der Waals surface area contributed by atoms with Crippen molar-refractivity contribution in [2.24, 2.45) is 4.99 Å². The summed E-state index contributed by atoms with van der Waals surface area (Å²) >= 11 is 0. The Labute approximate surface area is 89.3 Å². The van der Waals surface area contributed by atoms with Gasteiger partial charge in [0.25, 0.3) is 0 Å². The van der Waals surface area contributed by atoms with Gasteiger partial charge in [-0.15, -0.1) is 0 Å². The van der Waals surface area contributed by atoms with Crippen molar-refractivity contribution >= 4 is 6.40 Å². The molecule has 0 N–H and O–H groups in total. The van der Waals surface area contributed by atoms with E-state index in [1.165, 1.54) is 6.40 Å². The van der Waals surface area contributed by atoms with Crippen molar-refractivity contribution in [2.75, 3.05) is 6.54 Å². The molecule has 104 valence electrons. The summed E-state index contributed by atoms with van der Waals surface area (Å²) in [7, 11) is 0. The predicted octanol–water partition coefficient (Wildman–Crippen LogP) is 4.52. The molecule has 0 saturated heterocycles. The van der Waals surface area contributed by atoms with E-state index in [0.29, 0.717) is 0 Å². The summed E-state index contributed by atoms with van der Waals surface area (Å²) in [6, 6.07) is 0. The van der Waals surface area contributed by atoms with Crippen molar-refractivity contribution in [1.29, 1.82) is 0 Å². The molecule has 0 atom stereocenters. The molecular formula is C7H16F7NO. The Hall–Kier alpha value is -1.02. The Morgan fingerprint density at radius 3 is 1.38 bits per heavy atom. The summed E-state index contributed by atoms with van der Waals surface area (Å²) in [5, 5.41) is 0. The van der Waals surface area contributed by atoms with E-state index < -0.39 is 0 Å². The van der Waals surface area contributed by atoms with E-state index in [1.807, 2.05) is 27.7 Å². The fourth-order valence-corrected chi connectivity index (χ4v) is 0.474. The zero-order valence-corrected chi connectivity index (χ0v) is 9.32. The van der Waals surface area contributed by atoms with E-state index in [-0.39, 0.29) is 10.3 Å². The maximum Gasteiger partial charge on any atom is 0.170 e. The van der Waals surface area contributed by atoms with Gasteiger partial charge in [-0.1, -0.05) is 13.8 Å². The summed E-state index contributed by atoms with van der Waals surface area (Å²) in [6.07, 6.45) is 1.51. The average Bonchev–Trinajstić information content (AvgIpc) is 2.74. The molecule has 0 aromatic rings. The molecule has 1 aliphatic rings. The average molecular weight is 263 g/mol. The van der Waals surface area contributed by atoms with Crippen molar-refractivity contribution in [2.45, 2.75) is 33.3 Å². The lowest BCUT2D eigenvalue weighted by Gasteiger charge is -2.13. The van der Waals surface area contributed by atoms with E-state index >= 15 is 0 Å². The molecule has 16 heavy (non-hydrogen) atoms. The van der Waals surface area contributed by atoms with E-state index in [1.54, 1.807) is 0 Å². The molecule has 0 unspecified atom stereocenters. The number of aliphatic imine (C=N–C) groups is 1. The van der Waals surface area contributed by atoms with Gasteiger partial charge in [-0.3, -0.25) is 9.70 Å². The summed E-state index contributed by atoms with van der Waals surface area (Å²) in [5.41, 5.74) is -0.0278. The monoisotopic (exact) mass is 263 g/mol. The van der Waals surface area contributed by atoms with Gasteiger partial charge in [0, 0.05) is 27.4 Å². The molecule has 0 aromatic carbocycles. The van der Waals surface area contributed by atoms with E-state index in [0.717, 1.165) is 6.54 Å². The van der Waals surface area contributed by atoms with Gasteiger partial charge in [0.1, 0.15) is 5.60 Å². The quantitative estimate of drug-likeness (QED) is 0.588. The van der Waals surface area contributed by atoms with Crippen LogP contribution in [-0.2, 0) is 4.74 Å². The Morgan fingerprint density at radius 1 is 1.00 bits per heavy atom. The van der Waals surface area contributed by atoms with Crippen LogP contribution in [0.15, 0.2) is 4.99 Å². The van der Waals surface area contributed by atoms with E-state index in [4.69, 9.17) is 32.2 Å². The molecule has 0 aromatic heterocycles. The number of hydrogen-bond donors (Lipinski definition) is 0. The number of ether oxygens (including phenoxy) is 1. The second-order valence-corrected chi connectivity index (χ2v) is 2.32. The number of nitrogens with zero attached hydrogens (tertiary/aromatic N) is 1. The Morgan fingerprint density at radius 2 is 1.31 bits per heavy atom. The van der Waals surface area contributed by atoms with Crippen molar-refractivity contribution < 1.29 is 36.9 Å². The largest absolute Gasteiger partial charge is 0.476 e. The molecule has 0 fully saturated rings. The summed E-state index contributed by atoms with van der Waals surface area (Å²) in [6.45, 7) is 8.83. The van der Waals surface area contributed by atoms with Crippen LogP contribution in [-0.4, -0.2) is 18.5 Å². The van der Waals surface area contributed by atoms with Gasteiger partial charge in [0.2, 0.25) is 0 Å². The molecule has 0 radical (unpaired) electrons. The highest BCUT2D eigenvalue weighted by atomic mass is 20.0. The first-order valence-corrected chi connectivity index (χ1v) is 3.80. The molecule has 1 rings (SSSR count). The second-order valence-electron chi connectivity index (χ2n) is 2.32. The maximum atomic E-state index is 8.00. The highest BCUT2D eigenvalue weighted by Gasteiger charge is 2.20. The lowest BCUT2D eigenvalue weighted by atomic mass is 10.1. The van der Waals surface area contributed by atoms with E-state index in [9.17, 15) is 0 Å². The van der Waals surface area contributed by atoms with Gasteiger partial charge < -0.3 is 4.74 Å². The zero-order chi connectivity index (χ0) is 13.3. The highest BCUT2D eigenvalue weighted by molar-refractivity contribution is 5.49. The fraction of sp³-hybridized carbons (Fsp3) is 0.857. The molecule has 0 saturated carbocycles. The lowest BCUT2D eigenvalue weighted by molar-refractivity contribution is 0.108. The van der Waals surface area contributed by atoms with Crippen LogP contribution in [0.1, 0.15) is 27.7 Å². The molecule has 2 nitrogen and oxygen atoms in total. The number of hydrogen-bond acceptors (Lipinski definition) is 2. The molecule has 0 bridgehead atoms. The van der Waals surface area contributed by atoms with Crippen molar-refractivity contribution in [3.63, 3.8) is 0 Å². The standard InChI is InChI=1S/C5H9NO.C2H6.3F2.FH/c1-5(2)3-6-4-7-5;4*1-2;/h4H,3H2,1-2H3;1-2H3;;;;1H. The third-order valence-corrected chi connectivity index (χ3v) is 0.918. The van der Waals surface area contributed by atoms with Crippen LogP contribution >= 0.6 is 0 Å². The Bertz CT molecular complexity index is 103. The third-order valence-electron chi connectivity index (χ3n) is 0.918. The van der Waals surface area contributed by atoms with E-state index in [2.05, 4.69) is 4.99 Å². The zero-order valence-electron chi connectivity index (χ0n) is 9.32. The summed E-state index contributed by atoms with van der Waals surface area (Å²) < 4.78 is 53.0. The first-order chi connectivity index (χ1) is 7.21. The van der Waals surface area contributed by atoms with Crippen LogP contribution in [0.2, 0.25) is 0 Å². The minimum atomic E-state index is -0.0278. The molecule has 9 heteroatoms. The molecule has 1 aliphatic heterocycles. The van der Waals surface area contributed by atoms with Crippen LogP contribution < -0.4 is 0 Å². The first kappa shape index (κ1) is 29.4. The third kappa shape index (κ3) is 29.3. The van der Waals surface area contributed by atoms with Gasteiger partial charge in [0.05, 0.1) is 6.54 Å². The fourth-order valence-electron chi connectivity index (χ4n) is 0.474. The van der Waals surface area contributed by atoms with Crippen LogP contribution in [0.3, 0.4) is 0 Å². The molecule has 1 heterocycles. The van der Waals surface area contributed by atoms with Gasteiger partial charge in [0.15, 0.2) is 6.40 Å². The van der Waals surface area contributed by atoms with Crippen molar-refractivity contribution in [3.8, 4) is 0 Å². The SMILES string of the molecule is CC.CC1(C)CN=CO1.F.FF.FF.FF. The summed E-state index contributed by atoms with van der Waals surface area (Å²) in [4.78, 5) is 3.89. The molecule has 0 aliphatic carbocycles. The van der Waals surface area contributed by atoms with Crippen LogP contribution in [0.4, 0.5) is 32.1 Å². The molecule has 0 spiro atoms. The number of halogens is 7. The minimum Gasteiger partial charge on any atom is -0.476 e. The van der Waals surface area contributed by atoms with Gasteiger partial charge in [-0.05, 0) is 13.8 Å². The van der Waals surface area contributed by atoms with Crippen molar-refractivity contribution in [1.82, 2.24) is 0 Å². The van der Waals surface area contributed by atoms with Gasteiger partial charge >= 0.3 is 0 Å². The van der Waals surface area contributed by atoms with Crippen molar-refractivity contribution in [3.05, 3.63) is 0 Å². The smallest absolute Gasteiger partial charge is 0.170 e. The Balaban J connectivity index is -0.0000000390. The second kappa shape index (κ2) is 29.2. The predicted molar refractivity (Wildman–Crippen MR) is 49.0 cm³/mol. The lowest BCUT2D eigenvalue weighted by Crippen LogP contribution is -2.21. The normalized spacial score (nSPS) is 12.4. The summed E-state index contributed by atoms with van der Waals surface area (Å²) in [5.74, 6) is 0. The maximum absolute atomic E-state index is 8.00. The topological polar surface area (TPSA) is 21.6 Å². The number of rotatable bonds is 0. The van der Waals surface area contributed by atoms with Crippen LogP contribution in [0.5, 0.6) is 0 Å². The first-order valence-electron chi connectivity index (χ1n) is 3.80. The Kier molecular flexibility index (Phi) is 53.7. The highest BCUT2D eigenvalue weighted by Crippen LogP contribution is 2.11. The van der Waals surface area contributed by atoms with Gasteiger partial charge in [-0.2, -0.15) is 0 Å².